The number of benzene rings is 2. The number of hydrogen-bond donors (Lipinski definition) is 2. The molecule has 0 aliphatic carbocycles. The van der Waals surface area contributed by atoms with Crippen molar-refractivity contribution in [3.05, 3.63) is 65.2 Å². The Labute approximate surface area is 137 Å². The van der Waals surface area contributed by atoms with Crippen LogP contribution in [0.15, 0.2) is 48.5 Å². The van der Waals surface area contributed by atoms with Crippen molar-refractivity contribution in [3.63, 3.8) is 0 Å². The van der Waals surface area contributed by atoms with E-state index in [1.54, 1.807) is 12.1 Å². The number of rotatable bonds is 9. The van der Waals surface area contributed by atoms with E-state index < -0.39 is 5.97 Å². The Morgan fingerprint density at radius 1 is 1.04 bits per heavy atom. The molecule has 4 nitrogen and oxygen atoms in total. The van der Waals surface area contributed by atoms with Crippen molar-refractivity contribution in [2.45, 2.75) is 26.3 Å². The van der Waals surface area contributed by atoms with Crippen LogP contribution in [-0.2, 0) is 6.54 Å². The molecule has 0 bridgehead atoms. The molecule has 122 valence electrons. The predicted molar refractivity (Wildman–Crippen MR) is 91.0 cm³/mol. The van der Waals surface area contributed by atoms with E-state index in [9.17, 15) is 4.79 Å². The van der Waals surface area contributed by atoms with Crippen molar-refractivity contribution >= 4 is 5.97 Å². The van der Waals surface area contributed by atoms with E-state index in [0.29, 0.717) is 5.56 Å². The maximum Gasteiger partial charge on any atom is 0.335 e. The van der Waals surface area contributed by atoms with Crippen LogP contribution in [-0.4, -0.2) is 24.2 Å². The van der Waals surface area contributed by atoms with Crippen molar-refractivity contribution in [3.8, 4) is 5.75 Å². The summed E-state index contributed by atoms with van der Waals surface area (Å²) in [4.78, 5) is 10.8. The van der Waals surface area contributed by atoms with Gasteiger partial charge in [0.15, 0.2) is 0 Å². The zero-order valence-corrected chi connectivity index (χ0v) is 13.4. The Balaban J connectivity index is 1.55. The molecule has 0 atom stereocenters. The molecule has 2 N–H and O–H groups in total. The zero-order chi connectivity index (χ0) is 16.5. The SMILES string of the molecule is Cc1ccc(OCCCCNCc2ccc(C(=O)O)cc2)cc1. The number of aryl methyl sites for hydroxylation is 1. The van der Waals surface area contributed by atoms with Gasteiger partial charge in [-0.05, 0) is 56.1 Å². The van der Waals surface area contributed by atoms with Crippen molar-refractivity contribution in [2.75, 3.05) is 13.2 Å². The molecule has 0 amide bonds. The summed E-state index contributed by atoms with van der Waals surface area (Å²) in [5, 5.41) is 12.2. The van der Waals surface area contributed by atoms with Crippen LogP contribution in [0, 0.1) is 6.92 Å². The highest BCUT2D eigenvalue weighted by Gasteiger charge is 2.01. The number of ether oxygens (including phenoxy) is 1. The molecule has 4 heteroatoms. The molecule has 0 unspecified atom stereocenters. The molecule has 0 aliphatic heterocycles. The normalized spacial score (nSPS) is 10.5. The fraction of sp³-hybridized carbons (Fsp3) is 0.316. The first kappa shape index (κ1) is 17.0. The van der Waals surface area contributed by atoms with Gasteiger partial charge in [-0.2, -0.15) is 0 Å². The largest absolute Gasteiger partial charge is 0.494 e. The van der Waals surface area contributed by atoms with Gasteiger partial charge in [-0.15, -0.1) is 0 Å². The molecule has 0 saturated carbocycles. The first-order chi connectivity index (χ1) is 11.1. The molecular weight excluding hydrogens is 290 g/mol. The van der Waals surface area contributed by atoms with Gasteiger partial charge in [0.1, 0.15) is 5.75 Å². The predicted octanol–water partition coefficient (Wildman–Crippen LogP) is 3.64. The highest BCUT2D eigenvalue weighted by Crippen LogP contribution is 2.11. The first-order valence-electron chi connectivity index (χ1n) is 7.87. The van der Waals surface area contributed by atoms with Crippen LogP contribution in [0.5, 0.6) is 5.75 Å². The van der Waals surface area contributed by atoms with E-state index in [-0.39, 0.29) is 0 Å². The molecule has 0 spiro atoms. The van der Waals surface area contributed by atoms with Crippen molar-refractivity contribution < 1.29 is 14.6 Å². The molecular formula is C19H23NO3. The summed E-state index contributed by atoms with van der Waals surface area (Å²) in [5.41, 5.74) is 2.64. The van der Waals surface area contributed by atoms with Gasteiger partial charge in [0, 0.05) is 6.54 Å². The standard InChI is InChI=1S/C19H23NO3/c1-15-4-10-18(11-5-15)23-13-3-2-12-20-14-16-6-8-17(9-7-16)19(21)22/h4-11,20H,2-3,12-14H2,1H3,(H,21,22). The highest BCUT2D eigenvalue weighted by molar-refractivity contribution is 5.87. The fourth-order valence-electron chi connectivity index (χ4n) is 2.17. The quantitative estimate of drug-likeness (QED) is 0.694. The van der Waals surface area contributed by atoms with Gasteiger partial charge in [0.2, 0.25) is 0 Å². The Hall–Kier alpha value is -2.33. The maximum absolute atomic E-state index is 10.8. The van der Waals surface area contributed by atoms with Crippen molar-refractivity contribution in [1.29, 1.82) is 0 Å². The van der Waals surface area contributed by atoms with Crippen LogP contribution in [0.25, 0.3) is 0 Å². The molecule has 2 aromatic carbocycles. The van der Waals surface area contributed by atoms with Crippen molar-refractivity contribution in [1.82, 2.24) is 5.32 Å². The number of carboxylic acids is 1. The molecule has 0 heterocycles. The Bertz CT molecular complexity index is 606. The summed E-state index contributed by atoms with van der Waals surface area (Å²) in [6.45, 7) is 4.44. The second kappa shape index (κ2) is 8.96. The summed E-state index contributed by atoms with van der Waals surface area (Å²) in [5.74, 6) is 0.0279. The Kier molecular flexibility index (Phi) is 6.63. The highest BCUT2D eigenvalue weighted by atomic mass is 16.5. The van der Waals surface area contributed by atoms with E-state index in [4.69, 9.17) is 9.84 Å². The third-order valence-electron chi connectivity index (χ3n) is 3.57. The van der Waals surface area contributed by atoms with Crippen molar-refractivity contribution in [2.24, 2.45) is 0 Å². The van der Waals surface area contributed by atoms with Crippen LogP contribution in [0.2, 0.25) is 0 Å². The van der Waals surface area contributed by atoms with E-state index in [1.807, 2.05) is 36.4 Å². The molecule has 0 radical (unpaired) electrons. The van der Waals surface area contributed by atoms with Gasteiger partial charge in [0.25, 0.3) is 0 Å². The van der Waals surface area contributed by atoms with Gasteiger partial charge in [-0.25, -0.2) is 4.79 Å². The molecule has 2 rings (SSSR count). The molecule has 0 fully saturated rings. The number of hydrogen-bond acceptors (Lipinski definition) is 3. The summed E-state index contributed by atoms with van der Waals surface area (Å²) in [6.07, 6.45) is 2.04. The first-order valence-corrected chi connectivity index (χ1v) is 7.87. The van der Waals surface area contributed by atoms with Gasteiger partial charge < -0.3 is 15.2 Å². The number of aromatic carboxylic acids is 1. The summed E-state index contributed by atoms with van der Waals surface area (Å²) in [7, 11) is 0. The lowest BCUT2D eigenvalue weighted by Gasteiger charge is -2.07. The Morgan fingerprint density at radius 2 is 1.74 bits per heavy atom. The zero-order valence-electron chi connectivity index (χ0n) is 13.4. The fourth-order valence-corrected chi connectivity index (χ4v) is 2.17. The number of carbonyl (C=O) groups is 1. The molecule has 23 heavy (non-hydrogen) atoms. The van der Waals surface area contributed by atoms with E-state index in [1.165, 1.54) is 5.56 Å². The van der Waals surface area contributed by atoms with Crippen LogP contribution < -0.4 is 10.1 Å². The monoisotopic (exact) mass is 313 g/mol. The summed E-state index contributed by atoms with van der Waals surface area (Å²) in [6, 6.07) is 15.0. The minimum absolute atomic E-state index is 0.321. The average molecular weight is 313 g/mol. The van der Waals surface area contributed by atoms with Gasteiger partial charge in [0.05, 0.1) is 12.2 Å². The van der Waals surface area contributed by atoms with Gasteiger partial charge in [-0.1, -0.05) is 29.8 Å². The molecule has 0 aromatic heterocycles. The van der Waals surface area contributed by atoms with Crippen LogP contribution in [0.1, 0.15) is 34.3 Å². The molecule has 2 aromatic rings. The second-order valence-electron chi connectivity index (χ2n) is 5.55. The lowest BCUT2D eigenvalue weighted by Crippen LogP contribution is -2.15. The molecule has 0 aliphatic rings. The van der Waals surface area contributed by atoms with Gasteiger partial charge >= 0.3 is 5.97 Å². The minimum Gasteiger partial charge on any atom is -0.494 e. The Morgan fingerprint density at radius 3 is 2.39 bits per heavy atom. The second-order valence-corrected chi connectivity index (χ2v) is 5.55. The van der Waals surface area contributed by atoms with Gasteiger partial charge in [-0.3, -0.25) is 0 Å². The van der Waals surface area contributed by atoms with Crippen LogP contribution >= 0.6 is 0 Å². The maximum atomic E-state index is 10.8. The lowest BCUT2D eigenvalue weighted by atomic mass is 10.1. The molecule has 0 saturated heterocycles. The minimum atomic E-state index is -0.891. The topological polar surface area (TPSA) is 58.6 Å². The summed E-state index contributed by atoms with van der Waals surface area (Å²) < 4.78 is 5.68. The lowest BCUT2D eigenvalue weighted by molar-refractivity contribution is 0.0697. The van der Waals surface area contributed by atoms with E-state index in [2.05, 4.69) is 12.2 Å². The number of nitrogens with one attached hydrogen (secondary N) is 1. The average Bonchev–Trinajstić information content (AvgIpc) is 2.56. The third kappa shape index (κ3) is 6.12. The summed E-state index contributed by atoms with van der Waals surface area (Å²) >= 11 is 0. The third-order valence-corrected chi connectivity index (χ3v) is 3.57. The van der Waals surface area contributed by atoms with Crippen LogP contribution in [0.3, 0.4) is 0 Å². The smallest absolute Gasteiger partial charge is 0.335 e. The number of unbranched alkanes of at least 4 members (excludes halogenated alkanes) is 1. The van der Waals surface area contributed by atoms with E-state index in [0.717, 1.165) is 43.9 Å². The van der Waals surface area contributed by atoms with E-state index >= 15 is 0 Å². The number of carboxylic acid groups (broad SMARTS) is 1. The van der Waals surface area contributed by atoms with Crippen LogP contribution in [0.4, 0.5) is 0 Å².